The number of rotatable bonds is 6. The second-order valence-electron chi connectivity index (χ2n) is 5.64. The van der Waals surface area contributed by atoms with Crippen LogP contribution in [0.5, 0.6) is 0 Å². The van der Waals surface area contributed by atoms with Crippen molar-refractivity contribution in [2.75, 3.05) is 6.54 Å². The first kappa shape index (κ1) is 13.9. The molecule has 0 radical (unpaired) electrons. The number of halogens is 1. The predicted molar refractivity (Wildman–Crippen MR) is 79.3 cm³/mol. The topological polar surface area (TPSA) is 34.0 Å². The number of carbonyl (C=O) groups is 1. The number of benzene rings is 1. The average Bonchev–Trinajstić information content (AvgIpc) is 3.19. The van der Waals surface area contributed by atoms with E-state index in [1.165, 1.54) is 6.07 Å². The van der Waals surface area contributed by atoms with E-state index in [1.54, 1.807) is 12.1 Å². The number of hydrogen-bond donors (Lipinski definition) is 1. The van der Waals surface area contributed by atoms with Gasteiger partial charge < -0.3 is 9.88 Å². The van der Waals surface area contributed by atoms with Crippen LogP contribution in [0.3, 0.4) is 0 Å². The summed E-state index contributed by atoms with van der Waals surface area (Å²) in [6.07, 6.45) is 6.66. The number of nitrogens with zero attached hydrogens (tertiary/aromatic N) is 1. The molecule has 0 saturated heterocycles. The second-order valence-corrected chi connectivity index (χ2v) is 5.64. The van der Waals surface area contributed by atoms with Crippen LogP contribution in [0.25, 0.3) is 0 Å². The number of hydrogen-bond acceptors (Lipinski definition) is 1. The van der Waals surface area contributed by atoms with Crippen molar-refractivity contribution in [1.82, 2.24) is 9.88 Å². The lowest BCUT2D eigenvalue weighted by Crippen LogP contribution is -2.32. The third-order valence-electron chi connectivity index (χ3n) is 3.87. The Morgan fingerprint density at radius 1 is 1.29 bits per heavy atom. The fraction of sp³-hybridized carbons (Fsp3) is 0.353. The van der Waals surface area contributed by atoms with Gasteiger partial charge in [-0.15, -0.1) is 0 Å². The SMILES string of the molecule is O=C(NCC(Cc1cccc(F)c1)n1cccc1)C1CC1. The van der Waals surface area contributed by atoms with Crippen molar-refractivity contribution >= 4 is 5.91 Å². The van der Waals surface area contributed by atoms with Gasteiger partial charge in [0, 0.05) is 24.9 Å². The lowest BCUT2D eigenvalue weighted by atomic mass is 10.1. The van der Waals surface area contributed by atoms with Crippen LogP contribution in [0.2, 0.25) is 0 Å². The van der Waals surface area contributed by atoms with Gasteiger partial charge in [-0.2, -0.15) is 0 Å². The van der Waals surface area contributed by atoms with Gasteiger partial charge in [-0.3, -0.25) is 4.79 Å². The summed E-state index contributed by atoms with van der Waals surface area (Å²) in [6, 6.07) is 10.7. The van der Waals surface area contributed by atoms with Crippen LogP contribution in [0.4, 0.5) is 4.39 Å². The van der Waals surface area contributed by atoms with Crippen LogP contribution in [0.1, 0.15) is 24.4 Å². The van der Waals surface area contributed by atoms with E-state index < -0.39 is 0 Å². The highest BCUT2D eigenvalue weighted by Crippen LogP contribution is 2.29. The fourth-order valence-corrected chi connectivity index (χ4v) is 2.52. The van der Waals surface area contributed by atoms with Crippen molar-refractivity contribution in [3.8, 4) is 0 Å². The molecule has 21 heavy (non-hydrogen) atoms. The zero-order valence-corrected chi connectivity index (χ0v) is 11.8. The largest absolute Gasteiger partial charge is 0.354 e. The van der Waals surface area contributed by atoms with Crippen LogP contribution in [0, 0.1) is 11.7 Å². The van der Waals surface area contributed by atoms with Gasteiger partial charge in [0.25, 0.3) is 0 Å². The van der Waals surface area contributed by atoms with E-state index >= 15 is 0 Å². The minimum absolute atomic E-state index is 0.101. The Bertz CT molecular complexity index is 605. The number of amides is 1. The summed E-state index contributed by atoms with van der Waals surface area (Å²) in [5.41, 5.74) is 0.939. The van der Waals surface area contributed by atoms with Crippen molar-refractivity contribution in [3.05, 3.63) is 60.2 Å². The number of aromatic nitrogens is 1. The Hall–Kier alpha value is -2.10. The first-order chi connectivity index (χ1) is 10.2. The molecule has 1 aromatic carbocycles. The molecule has 1 aliphatic carbocycles. The monoisotopic (exact) mass is 286 g/mol. The first-order valence-electron chi connectivity index (χ1n) is 7.37. The first-order valence-corrected chi connectivity index (χ1v) is 7.37. The molecule has 1 heterocycles. The molecule has 1 fully saturated rings. The van der Waals surface area contributed by atoms with Gasteiger partial charge in [-0.05, 0) is 49.1 Å². The summed E-state index contributed by atoms with van der Waals surface area (Å²) in [5.74, 6) is 0.136. The Morgan fingerprint density at radius 2 is 2.05 bits per heavy atom. The zero-order chi connectivity index (χ0) is 14.7. The van der Waals surface area contributed by atoms with Gasteiger partial charge in [0.15, 0.2) is 0 Å². The van der Waals surface area contributed by atoms with Crippen LogP contribution in [-0.2, 0) is 11.2 Å². The highest BCUT2D eigenvalue weighted by Gasteiger charge is 2.29. The van der Waals surface area contributed by atoms with Crippen molar-refractivity contribution in [1.29, 1.82) is 0 Å². The smallest absolute Gasteiger partial charge is 0.223 e. The maximum Gasteiger partial charge on any atom is 0.223 e. The molecular weight excluding hydrogens is 267 g/mol. The molecule has 110 valence electrons. The van der Waals surface area contributed by atoms with Crippen molar-refractivity contribution < 1.29 is 9.18 Å². The molecule has 0 aliphatic heterocycles. The van der Waals surface area contributed by atoms with Gasteiger partial charge in [0.05, 0.1) is 6.04 Å². The minimum Gasteiger partial charge on any atom is -0.354 e. The molecule has 2 aromatic rings. The number of carbonyl (C=O) groups excluding carboxylic acids is 1. The third-order valence-corrected chi connectivity index (χ3v) is 3.87. The van der Waals surface area contributed by atoms with Crippen LogP contribution < -0.4 is 5.32 Å². The lowest BCUT2D eigenvalue weighted by Gasteiger charge is -2.20. The van der Waals surface area contributed by atoms with Crippen LogP contribution in [0.15, 0.2) is 48.8 Å². The van der Waals surface area contributed by atoms with Crippen molar-refractivity contribution in [3.63, 3.8) is 0 Å². The van der Waals surface area contributed by atoms with E-state index in [0.29, 0.717) is 13.0 Å². The zero-order valence-electron chi connectivity index (χ0n) is 11.8. The van der Waals surface area contributed by atoms with E-state index in [1.807, 2.05) is 30.6 Å². The highest BCUT2D eigenvalue weighted by atomic mass is 19.1. The van der Waals surface area contributed by atoms with E-state index in [-0.39, 0.29) is 23.7 Å². The summed E-state index contributed by atoms with van der Waals surface area (Å²) >= 11 is 0. The standard InChI is InChI=1S/C17H19FN2O/c18-15-5-3-4-13(10-15)11-16(20-8-1-2-9-20)12-19-17(21)14-6-7-14/h1-5,8-10,14,16H,6-7,11-12H2,(H,19,21). The Balaban J connectivity index is 1.68. The molecule has 4 heteroatoms. The summed E-state index contributed by atoms with van der Waals surface area (Å²) in [6.45, 7) is 0.570. The van der Waals surface area contributed by atoms with Gasteiger partial charge >= 0.3 is 0 Å². The fourth-order valence-electron chi connectivity index (χ4n) is 2.52. The van der Waals surface area contributed by atoms with Crippen LogP contribution >= 0.6 is 0 Å². The van der Waals surface area contributed by atoms with Crippen LogP contribution in [-0.4, -0.2) is 17.0 Å². The van der Waals surface area contributed by atoms with E-state index in [9.17, 15) is 9.18 Å². The van der Waals surface area contributed by atoms with E-state index in [2.05, 4.69) is 9.88 Å². The molecule has 1 N–H and O–H groups in total. The highest BCUT2D eigenvalue weighted by molar-refractivity contribution is 5.80. The third kappa shape index (κ3) is 3.72. The second kappa shape index (κ2) is 6.12. The molecule has 1 amide bonds. The average molecular weight is 286 g/mol. The molecule has 0 spiro atoms. The molecule has 0 bridgehead atoms. The normalized spacial score (nSPS) is 15.7. The Kier molecular flexibility index (Phi) is 4.04. The molecule has 1 saturated carbocycles. The lowest BCUT2D eigenvalue weighted by molar-refractivity contribution is -0.122. The molecule has 3 rings (SSSR count). The molecular formula is C17H19FN2O. The van der Waals surface area contributed by atoms with E-state index in [4.69, 9.17) is 0 Å². The summed E-state index contributed by atoms with van der Waals surface area (Å²) < 4.78 is 15.4. The summed E-state index contributed by atoms with van der Waals surface area (Å²) in [4.78, 5) is 11.8. The summed E-state index contributed by atoms with van der Waals surface area (Å²) in [7, 11) is 0. The molecule has 1 aliphatic rings. The summed E-state index contributed by atoms with van der Waals surface area (Å²) in [5, 5.41) is 3.01. The Morgan fingerprint density at radius 3 is 2.71 bits per heavy atom. The van der Waals surface area contributed by atoms with Gasteiger partial charge in [-0.25, -0.2) is 4.39 Å². The van der Waals surface area contributed by atoms with Crippen molar-refractivity contribution in [2.24, 2.45) is 5.92 Å². The van der Waals surface area contributed by atoms with Gasteiger partial charge in [0.1, 0.15) is 5.82 Å². The quantitative estimate of drug-likeness (QED) is 0.870. The predicted octanol–water partition coefficient (Wildman–Crippen LogP) is 2.94. The van der Waals surface area contributed by atoms with E-state index in [0.717, 1.165) is 18.4 Å². The molecule has 3 nitrogen and oxygen atoms in total. The molecule has 1 atom stereocenters. The number of nitrogens with one attached hydrogen (secondary N) is 1. The van der Waals surface area contributed by atoms with Gasteiger partial charge in [-0.1, -0.05) is 12.1 Å². The maximum atomic E-state index is 13.3. The molecule has 1 aromatic heterocycles. The Labute approximate surface area is 123 Å². The minimum atomic E-state index is -0.222. The maximum absolute atomic E-state index is 13.3. The van der Waals surface area contributed by atoms with Gasteiger partial charge in [0.2, 0.25) is 5.91 Å². The molecule has 1 unspecified atom stereocenters. The van der Waals surface area contributed by atoms with Crippen molar-refractivity contribution in [2.45, 2.75) is 25.3 Å².